The molecule has 440 valence electrons. The highest BCUT2D eigenvalue weighted by Crippen LogP contribution is 2.52. The van der Waals surface area contributed by atoms with Crippen LogP contribution in [0.1, 0.15) is 147 Å². The average Bonchev–Trinajstić information content (AvgIpc) is 3.87. The van der Waals surface area contributed by atoms with Gasteiger partial charge >= 0.3 is 11.9 Å². The van der Waals surface area contributed by atoms with Crippen molar-refractivity contribution in [3.05, 3.63) is 112 Å². The lowest BCUT2D eigenvalue weighted by Crippen LogP contribution is -2.33. The quantitative estimate of drug-likeness (QED) is 0.0860. The van der Waals surface area contributed by atoms with Crippen LogP contribution in [-0.4, -0.2) is 95.4 Å². The zero-order valence-corrected chi connectivity index (χ0v) is 47.9. The van der Waals surface area contributed by atoms with Gasteiger partial charge in [0.05, 0.1) is 38.1 Å². The molecule has 1 aliphatic carbocycles. The van der Waals surface area contributed by atoms with Crippen LogP contribution in [0.2, 0.25) is 0 Å². The molecule has 3 saturated heterocycles. The average molecular weight is 1130 g/mol. The normalized spacial score (nSPS) is 25.2. The molecule has 1 aromatic heterocycles. The van der Waals surface area contributed by atoms with Crippen LogP contribution in [0.5, 0.6) is 17.2 Å². The van der Waals surface area contributed by atoms with Gasteiger partial charge in [0.1, 0.15) is 11.8 Å². The number of aliphatic carboxylic acids is 1. The minimum absolute atomic E-state index is 0.00679. The highest BCUT2D eigenvalue weighted by atomic mass is 19.2. The third kappa shape index (κ3) is 13.6. The van der Waals surface area contributed by atoms with E-state index in [-0.39, 0.29) is 40.5 Å². The summed E-state index contributed by atoms with van der Waals surface area (Å²) in [6.45, 7) is 23.3. The summed E-state index contributed by atoms with van der Waals surface area (Å²) in [5.41, 5.74) is 4.83. The van der Waals surface area contributed by atoms with Gasteiger partial charge < -0.3 is 49.7 Å². The molecule has 15 nitrogen and oxygen atoms in total. The van der Waals surface area contributed by atoms with Gasteiger partial charge in [0.2, 0.25) is 17.5 Å². The number of aromatic nitrogens is 1. The maximum atomic E-state index is 14.3. The topological polar surface area (TPSA) is 215 Å². The zero-order valence-electron chi connectivity index (χ0n) is 47.9. The number of methoxy groups -OCH3 is 3. The fourth-order valence-electron chi connectivity index (χ4n) is 10.6. The van der Waals surface area contributed by atoms with E-state index in [0.29, 0.717) is 22.2 Å². The molecule has 3 aliphatic heterocycles. The molecule has 0 bridgehead atoms. The van der Waals surface area contributed by atoms with Gasteiger partial charge in [-0.05, 0) is 114 Å². The van der Waals surface area contributed by atoms with Crippen LogP contribution >= 0.6 is 0 Å². The highest BCUT2D eigenvalue weighted by molar-refractivity contribution is 5.97. The van der Waals surface area contributed by atoms with Crippen molar-refractivity contribution < 1.29 is 84.2 Å². The van der Waals surface area contributed by atoms with Crippen molar-refractivity contribution in [1.82, 2.24) is 4.98 Å². The monoisotopic (exact) mass is 1130 g/mol. The number of primary amides is 1. The van der Waals surface area contributed by atoms with E-state index in [4.69, 9.17) is 34.2 Å². The number of halogens is 6. The maximum absolute atomic E-state index is 14.3. The fourth-order valence-corrected chi connectivity index (χ4v) is 10.6. The van der Waals surface area contributed by atoms with E-state index < -0.39 is 117 Å². The number of nitrogens with one attached hydrogen (secondary N) is 1. The van der Waals surface area contributed by atoms with Crippen LogP contribution in [0.3, 0.4) is 0 Å². The minimum Gasteiger partial charge on any atom is -0.505 e. The number of ether oxygens (including phenoxy) is 6. The summed E-state index contributed by atoms with van der Waals surface area (Å²) in [6, 6.07) is 9.79. The Bertz CT molecular complexity index is 2910. The Balaban J connectivity index is 0.000000210. The lowest BCUT2D eigenvalue weighted by atomic mass is 9.69. The van der Waals surface area contributed by atoms with Crippen molar-refractivity contribution in [2.45, 2.75) is 155 Å². The molecule has 1 saturated carbocycles. The van der Waals surface area contributed by atoms with Crippen LogP contribution < -0.4 is 20.5 Å². The maximum Gasteiger partial charge on any atom is 0.335 e. The summed E-state index contributed by atoms with van der Waals surface area (Å²) in [4.78, 5) is 51.6. The van der Waals surface area contributed by atoms with Crippen LogP contribution in [0.4, 0.5) is 32.0 Å². The molecule has 8 rings (SSSR count). The van der Waals surface area contributed by atoms with E-state index in [2.05, 4.69) is 31.1 Å². The molecule has 0 spiro atoms. The van der Waals surface area contributed by atoms with Crippen molar-refractivity contribution in [2.75, 3.05) is 26.6 Å². The molecule has 4 fully saturated rings. The molecule has 0 unspecified atom stereocenters. The van der Waals surface area contributed by atoms with Crippen LogP contribution in [0.25, 0.3) is 0 Å². The number of carboxylic acid groups (broad SMARTS) is 1. The van der Waals surface area contributed by atoms with Gasteiger partial charge in [-0.3, -0.25) is 14.6 Å². The number of nitrogens with zero attached hydrogens (tertiary/aromatic N) is 1. The lowest BCUT2D eigenvalue weighted by molar-refractivity contribution is -0.157. The van der Waals surface area contributed by atoms with Crippen LogP contribution in [-0.2, 0) is 33.3 Å². The number of hydrogen-bond acceptors (Lipinski definition) is 12. The van der Waals surface area contributed by atoms with Gasteiger partial charge in [-0.25, -0.2) is 22.8 Å². The van der Waals surface area contributed by atoms with Crippen molar-refractivity contribution in [3.63, 3.8) is 0 Å². The molecular weight excluding hydrogens is 1060 g/mol. The number of aromatic hydroxyl groups is 1. The molecule has 0 radical (unpaired) electrons. The highest BCUT2D eigenvalue weighted by Gasteiger charge is 2.54. The number of anilines is 1. The smallest absolute Gasteiger partial charge is 0.335 e. The van der Waals surface area contributed by atoms with Crippen LogP contribution in [0.15, 0.2) is 54.7 Å². The second-order valence-electron chi connectivity index (χ2n) is 23.3. The van der Waals surface area contributed by atoms with Crippen molar-refractivity contribution >= 4 is 29.4 Å². The van der Waals surface area contributed by atoms with Gasteiger partial charge in [-0.15, -0.1) is 0 Å². The van der Waals surface area contributed by atoms with E-state index in [1.807, 2.05) is 34.6 Å². The standard InChI is InChI=1S/C21H23F2N3O4.2C15H18F2O4.C8H16/c1-10-15(12-5-6-13(22)16(23)17(12)29-4)18(30-21(10,2)3)20(28)26-11-7-8-25-14(9-11)19(24)27;1-7-10(13(14(18)19)21-15(7,2)3)8-5-6-9(16)11(17)12(8)20-4;1-7-10(8-5-6-9(16)11(17)12(8)18)13(14(19)20-4)21-15(7,2)3;1-8(2,3)7-5-4-6-7/h5-10,15,18H,1-4H3,(H2,24,27)(H,25,26,28);5-7,10,13H,1-4H3,(H,18,19);5-7,10,13,18H,1-4H3;7H,4-6H2,1-3H3/t10-,15-,18+;2*7-,10-,13+;/m000./s1. The Morgan fingerprint density at radius 2 is 1.06 bits per heavy atom. The number of phenols is 1. The summed E-state index contributed by atoms with van der Waals surface area (Å²) in [6.07, 6.45) is 2.64. The van der Waals surface area contributed by atoms with E-state index in [1.54, 1.807) is 27.7 Å². The first-order valence-corrected chi connectivity index (χ1v) is 26.2. The van der Waals surface area contributed by atoms with Gasteiger partial charge in [-0.1, -0.05) is 66.2 Å². The number of amides is 2. The third-order valence-corrected chi connectivity index (χ3v) is 16.5. The largest absolute Gasteiger partial charge is 0.505 e. The number of esters is 1. The molecule has 4 heterocycles. The molecule has 80 heavy (non-hydrogen) atoms. The summed E-state index contributed by atoms with van der Waals surface area (Å²) in [7, 11) is 3.69. The summed E-state index contributed by atoms with van der Waals surface area (Å²) in [5, 5.41) is 21.9. The molecule has 4 aliphatic rings. The van der Waals surface area contributed by atoms with E-state index >= 15 is 0 Å². The van der Waals surface area contributed by atoms with E-state index in [0.717, 1.165) is 24.1 Å². The van der Waals surface area contributed by atoms with Crippen molar-refractivity contribution in [2.24, 2.45) is 34.8 Å². The molecule has 3 aromatic carbocycles. The number of rotatable bonds is 10. The number of pyridine rings is 1. The summed E-state index contributed by atoms with van der Waals surface area (Å²) in [5.74, 6) is -12.6. The number of nitrogens with two attached hydrogens (primary N) is 1. The van der Waals surface area contributed by atoms with Crippen molar-refractivity contribution in [1.29, 1.82) is 0 Å². The number of carbonyl (C=O) groups excluding carboxylic acids is 3. The van der Waals surface area contributed by atoms with E-state index in [9.17, 15) is 55.7 Å². The molecule has 5 N–H and O–H groups in total. The summed E-state index contributed by atoms with van der Waals surface area (Å²) < 4.78 is 114. The van der Waals surface area contributed by atoms with Gasteiger partial charge in [0.15, 0.2) is 46.9 Å². The van der Waals surface area contributed by atoms with Crippen molar-refractivity contribution in [3.8, 4) is 17.2 Å². The number of phenolic OH excluding ortho intramolecular Hbond substituents is 1. The predicted octanol–water partition coefficient (Wildman–Crippen LogP) is 11.5. The Morgan fingerprint density at radius 1 is 0.650 bits per heavy atom. The second-order valence-corrected chi connectivity index (χ2v) is 23.3. The Kier molecular flexibility index (Phi) is 20.2. The zero-order chi connectivity index (χ0) is 60.3. The first kappa shape index (κ1) is 64.4. The molecule has 4 aromatic rings. The number of carbonyl (C=O) groups is 4. The molecular formula is C59H75F6N3O12. The Labute approximate surface area is 463 Å². The van der Waals surface area contributed by atoms with E-state index in [1.165, 1.54) is 77.1 Å². The van der Waals surface area contributed by atoms with Gasteiger partial charge in [-0.2, -0.15) is 13.2 Å². The molecule has 21 heteroatoms. The molecule has 9 atom stereocenters. The number of benzene rings is 3. The predicted molar refractivity (Wildman–Crippen MR) is 284 cm³/mol. The SMILES string of the molecule is CC(C)(C)C1CCC1.COC(=O)[C@@H]1OC(C)(C)[C@@H](C)[C@H]1c1ccc(F)c(F)c1O.COc1c([C@H]2[C@H](C(=O)Nc3ccnc(C(N)=O)c3)OC(C)(C)[C@H]2C)ccc(F)c1F.COc1c([C@H]2[C@H](C(=O)O)OC(C)(C)[C@H]2C)ccc(F)c1F. The fraction of sp³-hybridized carbons (Fsp3) is 0.542. The minimum atomic E-state index is -1.33. The second kappa shape index (κ2) is 25.1. The van der Waals surface area contributed by atoms with Crippen LogP contribution in [0, 0.1) is 64.0 Å². The summed E-state index contributed by atoms with van der Waals surface area (Å²) >= 11 is 0. The first-order valence-electron chi connectivity index (χ1n) is 26.2. The molecule has 2 amide bonds. The van der Waals surface area contributed by atoms with Gasteiger partial charge in [0.25, 0.3) is 11.8 Å². The Hall–Kier alpha value is -6.45. The Morgan fingerprint density at radius 3 is 1.45 bits per heavy atom. The lowest BCUT2D eigenvalue weighted by Gasteiger charge is -2.37. The number of carboxylic acids is 1. The number of hydrogen-bond donors (Lipinski definition) is 4. The first-order chi connectivity index (χ1) is 37.1. The third-order valence-electron chi connectivity index (χ3n) is 16.5. The van der Waals surface area contributed by atoms with Gasteiger partial charge in [0, 0.05) is 46.3 Å².